The van der Waals surface area contributed by atoms with Crippen molar-refractivity contribution in [2.45, 2.75) is 28.4 Å². The second-order valence-corrected chi connectivity index (χ2v) is 13.7. The second kappa shape index (κ2) is 10.5. The summed E-state index contributed by atoms with van der Waals surface area (Å²) in [4.78, 5) is 4.14. The molecule has 1 saturated heterocycles. The van der Waals surface area contributed by atoms with Gasteiger partial charge in [-0.1, -0.05) is 29.6 Å². The molecule has 0 unspecified atom stereocenters. The van der Waals surface area contributed by atoms with E-state index in [1.54, 1.807) is 0 Å². The van der Waals surface area contributed by atoms with E-state index in [9.17, 15) is 21.9 Å². The lowest BCUT2D eigenvalue weighted by Crippen LogP contribution is -2.35. The predicted molar refractivity (Wildman–Crippen MR) is 137 cm³/mol. The average molecular weight is 574 g/mol. The fourth-order valence-corrected chi connectivity index (χ4v) is 7.80. The normalized spacial score (nSPS) is 15.8. The minimum absolute atomic E-state index is 0.00281. The molecule has 0 spiro atoms. The molecule has 0 radical (unpaired) electrons. The van der Waals surface area contributed by atoms with Crippen molar-refractivity contribution in [1.82, 2.24) is 4.31 Å². The summed E-state index contributed by atoms with van der Waals surface area (Å²) in [6, 6.07) is 12.6. The molecule has 1 aliphatic rings. The van der Waals surface area contributed by atoms with Gasteiger partial charge >= 0.3 is 0 Å². The van der Waals surface area contributed by atoms with Crippen LogP contribution in [0.25, 0.3) is 0 Å². The van der Waals surface area contributed by atoms with Crippen LogP contribution in [0.15, 0.2) is 68.7 Å². The van der Waals surface area contributed by atoms with Crippen molar-refractivity contribution in [2.24, 2.45) is 4.99 Å². The number of aliphatic imine (C=N–C) groups is 1. The van der Waals surface area contributed by atoms with Gasteiger partial charge in [0.15, 0.2) is 0 Å². The zero-order chi connectivity index (χ0) is 25.2. The van der Waals surface area contributed by atoms with Crippen molar-refractivity contribution in [3.8, 4) is 0 Å². The Labute approximate surface area is 217 Å². The predicted octanol–water partition coefficient (Wildman–Crippen LogP) is 4.47. The number of hydrogen-bond acceptors (Lipinski definition) is 7. The van der Waals surface area contributed by atoms with Gasteiger partial charge in [-0.2, -0.15) is 4.31 Å². The van der Waals surface area contributed by atoms with E-state index in [0.29, 0.717) is 17.4 Å². The zero-order valence-corrected chi connectivity index (χ0v) is 22.1. The molecule has 2 heterocycles. The monoisotopic (exact) mass is 572 g/mol. The van der Waals surface area contributed by atoms with Crippen LogP contribution in [-0.2, 0) is 20.0 Å². The van der Waals surface area contributed by atoms with Crippen LogP contribution in [0, 0.1) is 0 Å². The summed E-state index contributed by atoms with van der Waals surface area (Å²) in [6.45, 7) is 0.968. The molecule has 1 aliphatic heterocycles. The molecule has 13 heteroatoms. The van der Waals surface area contributed by atoms with E-state index in [4.69, 9.17) is 23.2 Å². The highest BCUT2D eigenvalue weighted by Gasteiger charge is 2.25. The van der Waals surface area contributed by atoms with Crippen molar-refractivity contribution >= 4 is 71.9 Å². The van der Waals surface area contributed by atoms with Crippen LogP contribution in [0.4, 0.5) is 11.4 Å². The van der Waals surface area contributed by atoms with E-state index in [0.717, 1.165) is 30.6 Å². The van der Waals surface area contributed by atoms with Crippen LogP contribution >= 0.6 is 34.5 Å². The average Bonchev–Trinajstić information content (AvgIpc) is 3.28. The Hall–Kier alpha value is -2.15. The van der Waals surface area contributed by atoms with Gasteiger partial charge < -0.3 is 5.11 Å². The molecular formula is C22H20Cl2N3O5S3-. The maximum Gasteiger partial charge on any atom is 0.271 e. The first-order valence-corrected chi connectivity index (χ1v) is 15.0. The summed E-state index contributed by atoms with van der Waals surface area (Å²) in [5.74, 6) is -0.749. The molecule has 0 atom stereocenters. The van der Waals surface area contributed by atoms with Gasteiger partial charge in [0, 0.05) is 23.7 Å². The van der Waals surface area contributed by atoms with E-state index in [1.807, 2.05) is 0 Å². The van der Waals surface area contributed by atoms with Gasteiger partial charge in [-0.3, -0.25) is 9.71 Å². The summed E-state index contributed by atoms with van der Waals surface area (Å²) in [7, 11) is -7.60. The molecule has 186 valence electrons. The first-order valence-electron chi connectivity index (χ1n) is 10.5. The molecule has 0 bridgehead atoms. The Balaban J connectivity index is 1.60. The van der Waals surface area contributed by atoms with Crippen LogP contribution in [0.3, 0.4) is 0 Å². The highest BCUT2D eigenvalue weighted by Crippen LogP contribution is 2.30. The highest BCUT2D eigenvalue weighted by molar-refractivity contribution is 7.94. The third kappa shape index (κ3) is 5.99. The molecule has 0 aliphatic carbocycles. The van der Waals surface area contributed by atoms with Gasteiger partial charge in [0.2, 0.25) is 10.0 Å². The van der Waals surface area contributed by atoms with Crippen molar-refractivity contribution in [3.05, 3.63) is 69.5 Å². The molecule has 8 nitrogen and oxygen atoms in total. The van der Waals surface area contributed by atoms with Crippen LogP contribution in [0.1, 0.15) is 24.8 Å². The minimum atomic E-state index is -3.99. The topological polar surface area (TPSA) is 119 Å². The molecule has 4 rings (SSSR count). The van der Waals surface area contributed by atoms with Crippen LogP contribution in [0.2, 0.25) is 9.36 Å². The Morgan fingerprint density at radius 2 is 1.63 bits per heavy atom. The maximum absolute atomic E-state index is 12.9. The minimum Gasteiger partial charge on any atom is -0.858 e. The fourth-order valence-electron chi connectivity index (χ4n) is 3.54. The Morgan fingerprint density at radius 1 is 0.943 bits per heavy atom. The number of rotatable bonds is 7. The molecule has 35 heavy (non-hydrogen) atoms. The SMILES string of the molecule is O=S(=O)(Nc1ccc(Cl)cc1C([O-])=Nc1ccc(S(=O)(=O)N2CCCCC2)cc1)c1ccc(Cl)s1. The number of nitrogens with zero attached hydrogens (tertiary/aromatic N) is 2. The number of benzene rings is 2. The van der Waals surface area contributed by atoms with E-state index in [1.165, 1.54) is 58.9 Å². The van der Waals surface area contributed by atoms with Crippen molar-refractivity contribution in [1.29, 1.82) is 0 Å². The largest absolute Gasteiger partial charge is 0.858 e. The highest BCUT2D eigenvalue weighted by atomic mass is 35.5. The standard InChI is InChI=1S/C22H21Cl2N3O5S3/c23-15-4-9-19(26-34(29,30)21-11-10-20(24)33-21)18(14-15)22(28)25-16-5-7-17(8-6-16)35(31,32)27-12-2-1-3-13-27/h4-11,14,26H,1-3,12-13H2,(H,25,28)/p-1. The first-order chi connectivity index (χ1) is 16.6. The summed E-state index contributed by atoms with van der Waals surface area (Å²) in [5.41, 5.74) is 0.150. The van der Waals surface area contributed by atoms with Gasteiger partial charge in [0.25, 0.3) is 10.0 Å². The first kappa shape index (κ1) is 25.9. The molecule has 0 amide bonds. The Morgan fingerprint density at radius 3 is 2.26 bits per heavy atom. The molecule has 1 N–H and O–H groups in total. The van der Waals surface area contributed by atoms with E-state index >= 15 is 0 Å². The third-order valence-electron chi connectivity index (χ3n) is 5.29. The number of thiophene rings is 1. The zero-order valence-electron chi connectivity index (χ0n) is 18.1. The van der Waals surface area contributed by atoms with Gasteiger partial charge in [0.1, 0.15) is 4.21 Å². The van der Waals surface area contributed by atoms with E-state index in [-0.39, 0.29) is 31.1 Å². The van der Waals surface area contributed by atoms with Crippen molar-refractivity contribution in [3.63, 3.8) is 0 Å². The molecule has 3 aromatic rings. The van der Waals surface area contributed by atoms with Gasteiger partial charge in [-0.05, 0) is 73.3 Å². The number of sulfonamides is 2. The second-order valence-electron chi connectivity index (χ2n) is 7.73. The number of anilines is 1. The number of nitrogens with one attached hydrogen (secondary N) is 1. The van der Waals surface area contributed by atoms with Crippen LogP contribution < -0.4 is 9.83 Å². The van der Waals surface area contributed by atoms with Gasteiger partial charge in [0.05, 0.1) is 20.6 Å². The number of hydrogen-bond donors (Lipinski definition) is 1. The summed E-state index contributed by atoms with van der Waals surface area (Å²) in [6.07, 6.45) is 2.66. The fraction of sp³-hybridized carbons (Fsp3) is 0.227. The number of piperidine rings is 1. The molecular weight excluding hydrogens is 553 g/mol. The quantitative estimate of drug-likeness (QED) is 0.331. The third-order valence-corrected chi connectivity index (χ3v) is 10.5. The maximum atomic E-state index is 12.9. The summed E-state index contributed by atoms with van der Waals surface area (Å²) < 4.78 is 55.2. The lowest BCUT2D eigenvalue weighted by molar-refractivity contribution is -0.212. The summed E-state index contributed by atoms with van der Waals surface area (Å²) in [5, 5.41) is 13.2. The van der Waals surface area contributed by atoms with E-state index < -0.39 is 25.9 Å². The van der Waals surface area contributed by atoms with Gasteiger partial charge in [-0.25, -0.2) is 16.8 Å². The molecule has 0 saturated carbocycles. The Bertz CT molecular complexity index is 1460. The van der Waals surface area contributed by atoms with Gasteiger partial charge in [-0.15, -0.1) is 11.3 Å². The molecule has 2 aromatic carbocycles. The van der Waals surface area contributed by atoms with Crippen molar-refractivity contribution < 1.29 is 21.9 Å². The van der Waals surface area contributed by atoms with E-state index in [2.05, 4.69) is 9.71 Å². The summed E-state index contributed by atoms with van der Waals surface area (Å²) >= 11 is 12.8. The molecule has 1 aromatic heterocycles. The lowest BCUT2D eigenvalue weighted by Gasteiger charge is -2.25. The molecule has 1 fully saturated rings. The smallest absolute Gasteiger partial charge is 0.271 e. The van der Waals surface area contributed by atoms with Crippen LogP contribution in [-0.4, -0.2) is 40.1 Å². The number of halogens is 2. The lowest BCUT2D eigenvalue weighted by atomic mass is 10.2. The van der Waals surface area contributed by atoms with Crippen LogP contribution in [0.5, 0.6) is 0 Å². The van der Waals surface area contributed by atoms with Crippen molar-refractivity contribution in [2.75, 3.05) is 17.8 Å². The Kier molecular flexibility index (Phi) is 7.74.